The fourth-order valence-electron chi connectivity index (χ4n) is 3.38. The highest BCUT2D eigenvalue weighted by atomic mass is 16.5. The van der Waals surface area contributed by atoms with Crippen molar-refractivity contribution in [3.63, 3.8) is 0 Å². The van der Waals surface area contributed by atoms with E-state index >= 15 is 0 Å². The highest BCUT2D eigenvalue weighted by molar-refractivity contribution is 5.43. The fraction of sp³-hybridized carbons (Fsp3) is 0.400. The maximum absolute atomic E-state index is 5.52. The number of rotatable bonds is 6. The van der Waals surface area contributed by atoms with Crippen molar-refractivity contribution in [3.05, 3.63) is 64.7 Å². The van der Waals surface area contributed by atoms with Gasteiger partial charge in [0.25, 0.3) is 0 Å². The third-order valence-electron chi connectivity index (χ3n) is 4.57. The van der Waals surface area contributed by atoms with E-state index in [2.05, 4.69) is 47.8 Å². The van der Waals surface area contributed by atoms with Crippen LogP contribution in [0.2, 0.25) is 0 Å². The number of methoxy groups -OCH3 is 2. The summed E-state index contributed by atoms with van der Waals surface area (Å²) in [6, 6.07) is 15.4. The Labute approximate surface area is 138 Å². The van der Waals surface area contributed by atoms with Crippen molar-refractivity contribution in [2.24, 2.45) is 0 Å². The average molecular weight is 311 g/mol. The lowest BCUT2D eigenvalue weighted by atomic mass is 9.87. The number of benzene rings is 2. The number of fused-ring (bicyclic) bond motifs is 1. The van der Waals surface area contributed by atoms with Crippen LogP contribution < -0.4 is 10.1 Å². The summed E-state index contributed by atoms with van der Waals surface area (Å²) >= 11 is 0. The molecule has 23 heavy (non-hydrogen) atoms. The number of hydrogen-bond acceptors (Lipinski definition) is 3. The van der Waals surface area contributed by atoms with Crippen molar-refractivity contribution in [1.82, 2.24) is 5.32 Å². The number of nitrogens with one attached hydrogen (secondary N) is 1. The lowest BCUT2D eigenvalue weighted by Crippen LogP contribution is -2.25. The molecule has 0 saturated heterocycles. The van der Waals surface area contributed by atoms with Gasteiger partial charge < -0.3 is 14.8 Å². The zero-order valence-corrected chi connectivity index (χ0v) is 14.0. The van der Waals surface area contributed by atoms with Crippen LogP contribution in [0.25, 0.3) is 0 Å². The van der Waals surface area contributed by atoms with Gasteiger partial charge in [-0.3, -0.25) is 0 Å². The van der Waals surface area contributed by atoms with Crippen molar-refractivity contribution in [2.75, 3.05) is 14.2 Å². The zero-order valence-electron chi connectivity index (χ0n) is 14.0. The van der Waals surface area contributed by atoms with Crippen LogP contribution in [0.15, 0.2) is 42.5 Å². The molecule has 3 rings (SSSR count). The van der Waals surface area contributed by atoms with E-state index in [1.54, 1.807) is 14.2 Å². The molecule has 0 aromatic heterocycles. The lowest BCUT2D eigenvalue weighted by Gasteiger charge is -2.28. The third-order valence-corrected chi connectivity index (χ3v) is 4.57. The summed E-state index contributed by atoms with van der Waals surface area (Å²) in [5, 5.41) is 3.71. The van der Waals surface area contributed by atoms with Crippen LogP contribution in [0.4, 0.5) is 0 Å². The monoisotopic (exact) mass is 311 g/mol. The maximum atomic E-state index is 5.52. The van der Waals surface area contributed by atoms with Crippen LogP contribution in [0.5, 0.6) is 5.75 Å². The molecule has 2 aromatic rings. The normalized spacial score (nSPS) is 16.9. The summed E-state index contributed by atoms with van der Waals surface area (Å²) in [5.41, 5.74) is 5.28. The molecule has 0 radical (unpaired) electrons. The van der Waals surface area contributed by atoms with Crippen molar-refractivity contribution in [3.8, 4) is 5.75 Å². The van der Waals surface area contributed by atoms with Gasteiger partial charge in [0.05, 0.1) is 13.7 Å². The molecule has 0 aliphatic heterocycles. The van der Waals surface area contributed by atoms with Crippen molar-refractivity contribution < 1.29 is 9.47 Å². The van der Waals surface area contributed by atoms with Crippen molar-refractivity contribution >= 4 is 0 Å². The van der Waals surface area contributed by atoms with Crippen LogP contribution in [0, 0.1) is 0 Å². The molecule has 0 saturated carbocycles. The quantitative estimate of drug-likeness (QED) is 0.874. The molecular weight excluding hydrogens is 286 g/mol. The molecule has 1 atom stereocenters. The minimum Gasteiger partial charge on any atom is -0.496 e. The Hall–Kier alpha value is -1.84. The van der Waals surface area contributed by atoms with Gasteiger partial charge in [0.1, 0.15) is 5.75 Å². The largest absolute Gasteiger partial charge is 0.496 e. The lowest BCUT2D eigenvalue weighted by molar-refractivity contribution is 0.185. The van der Waals surface area contributed by atoms with E-state index in [1.165, 1.54) is 35.1 Å². The van der Waals surface area contributed by atoms with Gasteiger partial charge >= 0.3 is 0 Å². The second-order valence-electron chi connectivity index (χ2n) is 6.10. The van der Waals surface area contributed by atoms with Crippen LogP contribution in [0.3, 0.4) is 0 Å². The molecule has 122 valence electrons. The Morgan fingerprint density at radius 1 is 1.04 bits per heavy atom. The van der Waals surface area contributed by atoms with E-state index in [4.69, 9.17) is 9.47 Å². The van der Waals surface area contributed by atoms with Gasteiger partial charge in [-0.05, 0) is 47.6 Å². The Morgan fingerprint density at radius 2 is 1.83 bits per heavy atom. The van der Waals surface area contributed by atoms with Gasteiger partial charge in [0, 0.05) is 19.7 Å². The number of ether oxygens (including phenoxy) is 2. The van der Waals surface area contributed by atoms with Crippen molar-refractivity contribution in [2.45, 2.75) is 38.5 Å². The summed E-state index contributed by atoms with van der Waals surface area (Å²) in [6.45, 7) is 1.55. The summed E-state index contributed by atoms with van der Waals surface area (Å²) in [7, 11) is 3.48. The maximum Gasteiger partial charge on any atom is 0.122 e. The zero-order chi connectivity index (χ0) is 16.1. The molecule has 1 aliphatic carbocycles. The van der Waals surface area contributed by atoms with Crippen LogP contribution >= 0.6 is 0 Å². The predicted molar refractivity (Wildman–Crippen MR) is 92.7 cm³/mol. The van der Waals surface area contributed by atoms with Gasteiger partial charge in [-0.25, -0.2) is 0 Å². The minimum absolute atomic E-state index is 0.410. The average Bonchev–Trinajstić information content (AvgIpc) is 2.61. The molecule has 1 N–H and O–H groups in total. The fourth-order valence-corrected chi connectivity index (χ4v) is 3.38. The van der Waals surface area contributed by atoms with Gasteiger partial charge in [0.15, 0.2) is 0 Å². The molecule has 1 unspecified atom stereocenters. The molecule has 0 spiro atoms. The first-order chi connectivity index (χ1) is 11.3. The van der Waals surface area contributed by atoms with Gasteiger partial charge in [-0.1, -0.05) is 36.4 Å². The van der Waals surface area contributed by atoms with Crippen LogP contribution in [-0.4, -0.2) is 14.2 Å². The molecule has 0 heterocycles. The van der Waals surface area contributed by atoms with E-state index < -0.39 is 0 Å². The number of hydrogen-bond donors (Lipinski definition) is 1. The molecule has 1 aliphatic rings. The summed E-state index contributed by atoms with van der Waals surface area (Å²) in [5.74, 6) is 1.03. The third kappa shape index (κ3) is 3.74. The summed E-state index contributed by atoms with van der Waals surface area (Å²) < 4.78 is 10.7. The Morgan fingerprint density at radius 3 is 2.57 bits per heavy atom. The topological polar surface area (TPSA) is 30.5 Å². The molecule has 0 fully saturated rings. The first kappa shape index (κ1) is 16.0. The van der Waals surface area contributed by atoms with Gasteiger partial charge in [-0.15, -0.1) is 0 Å². The predicted octanol–water partition coefficient (Wildman–Crippen LogP) is 4.01. The van der Waals surface area contributed by atoms with Crippen LogP contribution in [0.1, 0.15) is 41.1 Å². The van der Waals surface area contributed by atoms with E-state index in [0.717, 1.165) is 18.7 Å². The minimum atomic E-state index is 0.410. The Kier molecular flexibility index (Phi) is 5.31. The van der Waals surface area contributed by atoms with Gasteiger partial charge in [-0.2, -0.15) is 0 Å². The second kappa shape index (κ2) is 7.62. The molecule has 3 nitrogen and oxygen atoms in total. The van der Waals surface area contributed by atoms with E-state index in [1.807, 2.05) is 0 Å². The van der Waals surface area contributed by atoms with E-state index in [0.29, 0.717) is 12.6 Å². The first-order valence-corrected chi connectivity index (χ1v) is 8.27. The van der Waals surface area contributed by atoms with E-state index in [9.17, 15) is 0 Å². The smallest absolute Gasteiger partial charge is 0.122 e. The second-order valence-corrected chi connectivity index (χ2v) is 6.10. The summed E-state index contributed by atoms with van der Waals surface area (Å²) in [4.78, 5) is 0. The highest BCUT2D eigenvalue weighted by Crippen LogP contribution is 2.35. The van der Waals surface area contributed by atoms with Crippen molar-refractivity contribution in [1.29, 1.82) is 0 Å². The Balaban J connectivity index is 1.68. The van der Waals surface area contributed by atoms with Crippen LogP contribution in [-0.2, 0) is 24.3 Å². The van der Waals surface area contributed by atoms with E-state index in [-0.39, 0.29) is 0 Å². The molecule has 0 bridgehead atoms. The SMILES string of the molecule is COCc1ccc(CNC2CCCc3c(OC)cccc32)cc1. The first-order valence-electron chi connectivity index (χ1n) is 8.27. The summed E-state index contributed by atoms with van der Waals surface area (Å²) in [6.07, 6.45) is 3.50. The standard InChI is InChI=1S/C20H25NO2/c1-22-14-16-11-9-15(10-12-16)13-21-19-7-3-6-18-17(19)5-4-8-20(18)23-2/h4-5,8-12,19,21H,3,6-7,13-14H2,1-2H3. The molecule has 0 amide bonds. The molecule has 3 heteroatoms. The Bertz CT molecular complexity index is 637. The van der Waals surface area contributed by atoms with Gasteiger partial charge in [0.2, 0.25) is 0 Å². The molecular formula is C20H25NO2. The molecule has 2 aromatic carbocycles. The highest BCUT2D eigenvalue weighted by Gasteiger charge is 2.22.